The number of hydrogen-bond acceptors (Lipinski definition) is 1. The molecule has 0 saturated carbocycles. The molecule has 0 aromatic carbocycles. The van der Waals surface area contributed by atoms with E-state index in [0.717, 1.165) is 19.6 Å². The minimum atomic E-state index is 0.233. The van der Waals surface area contributed by atoms with Crippen molar-refractivity contribution in [2.75, 3.05) is 19.6 Å². The maximum Gasteiger partial charge on any atom is 0.320 e. The van der Waals surface area contributed by atoms with Crippen LogP contribution in [-0.2, 0) is 0 Å². The molecule has 1 heterocycles. The van der Waals surface area contributed by atoms with Crippen LogP contribution in [0.1, 0.15) is 40.5 Å². The molecule has 0 aromatic heterocycles. The van der Waals surface area contributed by atoms with Crippen LogP contribution >= 0.6 is 0 Å². The van der Waals surface area contributed by atoms with Gasteiger partial charge in [-0.3, -0.25) is 0 Å². The summed E-state index contributed by atoms with van der Waals surface area (Å²) in [6, 6.07) is 0.569. The standard InChI is InChI=1S/C12H24N2O/c1-5-14(11(4)10(2)3)12(15)13-8-6-7-9-13/h10-11H,5-9H2,1-4H3. The van der Waals surface area contributed by atoms with E-state index >= 15 is 0 Å². The Morgan fingerprint density at radius 1 is 1.27 bits per heavy atom. The predicted molar refractivity (Wildman–Crippen MR) is 62.9 cm³/mol. The van der Waals surface area contributed by atoms with Crippen LogP contribution in [0.3, 0.4) is 0 Å². The maximum atomic E-state index is 12.2. The van der Waals surface area contributed by atoms with Crippen LogP contribution in [0.4, 0.5) is 4.79 Å². The first-order valence-corrected chi connectivity index (χ1v) is 6.13. The Hall–Kier alpha value is -0.730. The second-order valence-electron chi connectivity index (χ2n) is 4.75. The van der Waals surface area contributed by atoms with E-state index in [9.17, 15) is 4.79 Å². The van der Waals surface area contributed by atoms with Crippen molar-refractivity contribution in [3.05, 3.63) is 0 Å². The van der Waals surface area contributed by atoms with Gasteiger partial charge in [0.2, 0.25) is 0 Å². The molecule has 1 rings (SSSR count). The Kier molecular flexibility index (Phi) is 4.43. The van der Waals surface area contributed by atoms with Crippen LogP contribution < -0.4 is 0 Å². The Bertz CT molecular complexity index is 210. The zero-order valence-corrected chi connectivity index (χ0v) is 10.5. The van der Waals surface area contributed by atoms with Gasteiger partial charge in [0.05, 0.1) is 0 Å². The van der Waals surface area contributed by atoms with Crippen molar-refractivity contribution in [2.45, 2.75) is 46.6 Å². The average molecular weight is 212 g/mol. The van der Waals surface area contributed by atoms with Crippen molar-refractivity contribution in [3.63, 3.8) is 0 Å². The summed E-state index contributed by atoms with van der Waals surface area (Å²) >= 11 is 0. The molecule has 88 valence electrons. The van der Waals surface area contributed by atoms with E-state index in [0.29, 0.717) is 12.0 Å². The molecule has 3 heteroatoms. The first-order chi connectivity index (χ1) is 7.07. The van der Waals surface area contributed by atoms with Gasteiger partial charge in [0.25, 0.3) is 0 Å². The Morgan fingerprint density at radius 2 is 1.80 bits per heavy atom. The lowest BCUT2D eigenvalue weighted by atomic mass is 10.1. The molecular weight excluding hydrogens is 188 g/mol. The van der Waals surface area contributed by atoms with Crippen molar-refractivity contribution in [1.82, 2.24) is 9.80 Å². The topological polar surface area (TPSA) is 23.6 Å². The highest BCUT2D eigenvalue weighted by Gasteiger charge is 2.26. The summed E-state index contributed by atoms with van der Waals surface area (Å²) in [4.78, 5) is 16.2. The molecule has 0 bridgehead atoms. The number of rotatable bonds is 3. The third-order valence-electron chi connectivity index (χ3n) is 3.42. The smallest absolute Gasteiger partial charge is 0.320 e. The Balaban J connectivity index is 2.60. The van der Waals surface area contributed by atoms with E-state index in [1.165, 1.54) is 12.8 Å². The molecular formula is C12H24N2O. The van der Waals surface area contributed by atoms with Crippen molar-refractivity contribution < 1.29 is 4.79 Å². The molecule has 1 fully saturated rings. The number of likely N-dealkylation sites (tertiary alicyclic amines) is 1. The van der Waals surface area contributed by atoms with Gasteiger partial charge in [-0.15, -0.1) is 0 Å². The minimum absolute atomic E-state index is 0.233. The molecule has 0 N–H and O–H groups in total. The fourth-order valence-electron chi connectivity index (χ4n) is 2.05. The first-order valence-electron chi connectivity index (χ1n) is 6.13. The highest BCUT2D eigenvalue weighted by atomic mass is 16.2. The van der Waals surface area contributed by atoms with E-state index in [2.05, 4.69) is 27.7 Å². The molecule has 1 atom stereocenters. The van der Waals surface area contributed by atoms with Crippen LogP contribution in [-0.4, -0.2) is 41.5 Å². The fraction of sp³-hybridized carbons (Fsp3) is 0.917. The molecule has 1 unspecified atom stereocenters. The summed E-state index contributed by atoms with van der Waals surface area (Å²) in [5.41, 5.74) is 0. The zero-order chi connectivity index (χ0) is 11.4. The van der Waals surface area contributed by atoms with Gasteiger partial charge < -0.3 is 9.80 Å². The second kappa shape index (κ2) is 5.38. The molecule has 0 spiro atoms. The highest BCUT2D eigenvalue weighted by Crippen LogP contribution is 2.16. The quantitative estimate of drug-likeness (QED) is 0.705. The van der Waals surface area contributed by atoms with Gasteiger partial charge in [0.1, 0.15) is 0 Å². The number of urea groups is 1. The van der Waals surface area contributed by atoms with E-state index in [1.54, 1.807) is 0 Å². The molecule has 3 nitrogen and oxygen atoms in total. The summed E-state index contributed by atoms with van der Waals surface area (Å²) < 4.78 is 0. The number of hydrogen-bond donors (Lipinski definition) is 0. The lowest BCUT2D eigenvalue weighted by Gasteiger charge is -2.34. The van der Waals surface area contributed by atoms with Gasteiger partial charge in [-0.2, -0.15) is 0 Å². The number of carbonyl (C=O) groups excluding carboxylic acids is 1. The first kappa shape index (κ1) is 12.3. The third-order valence-corrected chi connectivity index (χ3v) is 3.42. The van der Waals surface area contributed by atoms with Crippen molar-refractivity contribution in [1.29, 1.82) is 0 Å². The molecule has 1 aliphatic rings. The Morgan fingerprint density at radius 3 is 2.20 bits per heavy atom. The summed E-state index contributed by atoms with van der Waals surface area (Å²) in [7, 11) is 0. The largest absolute Gasteiger partial charge is 0.325 e. The number of nitrogens with zero attached hydrogens (tertiary/aromatic N) is 2. The van der Waals surface area contributed by atoms with E-state index in [-0.39, 0.29) is 6.03 Å². The van der Waals surface area contributed by atoms with Gasteiger partial charge in [-0.05, 0) is 32.6 Å². The third kappa shape index (κ3) is 2.86. The minimum Gasteiger partial charge on any atom is -0.325 e. The van der Waals surface area contributed by atoms with Gasteiger partial charge >= 0.3 is 6.03 Å². The number of amides is 2. The monoisotopic (exact) mass is 212 g/mol. The van der Waals surface area contributed by atoms with Gasteiger partial charge in [-0.1, -0.05) is 13.8 Å². The van der Waals surface area contributed by atoms with E-state index in [4.69, 9.17) is 0 Å². The van der Waals surface area contributed by atoms with E-state index < -0.39 is 0 Å². The SMILES string of the molecule is CCN(C(=O)N1CCCC1)C(C)C(C)C. The van der Waals surface area contributed by atoms with Crippen LogP contribution in [0, 0.1) is 5.92 Å². The summed E-state index contributed by atoms with van der Waals surface area (Å²) in [6.45, 7) is 11.2. The van der Waals surface area contributed by atoms with Crippen LogP contribution in [0.2, 0.25) is 0 Å². The highest BCUT2D eigenvalue weighted by molar-refractivity contribution is 5.75. The second-order valence-corrected chi connectivity index (χ2v) is 4.75. The molecule has 15 heavy (non-hydrogen) atoms. The maximum absolute atomic E-state index is 12.2. The molecule has 0 aliphatic carbocycles. The molecule has 2 amide bonds. The number of carbonyl (C=O) groups is 1. The van der Waals surface area contributed by atoms with Crippen molar-refractivity contribution in [3.8, 4) is 0 Å². The van der Waals surface area contributed by atoms with Crippen molar-refractivity contribution >= 4 is 6.03 Å². The molecule has 1 aliphatic heterocycles. The molecule has 1 saturated heterocycles. The molecule has 0 radical (unpaired) electrons. The average Bonchev–Trinajstić information content (AvgIpc) is 2.71. The van der Waals surface area contributed by atoms with E-state index in [1.807, 2.05) is 9.80 Å². The predicted octanol–water partition coefficient (Wildman–Crippen LogP) is 2.57. The fourth-order valence-corrected chi connectivity index (χ4v) is 2.05. The summed E-state index contributed by atoms with van der Waals surface area (Å²) in [6.07, 6.45) is 2.33. The van der Waals surface area contributed by atoms with Gasteiger partial charge in [0, 0.05) is 25.7 Å². The van der Waals surface area contributed by atoms with Crippen LogP contribution in [0.25, 0.3) is 0 Å². The van der Waals surface area contributed by atoms with Crippen LogP contribution in [0.15, 0.2) is 0 Å². The van der Waals surface area contributed by atoms with Gasteiger partial charge in [-0.25, -0.2) is 4.79 Å². The Labute approximate surface area is 93.4 Å². The van der Waals surface area contributed by atoms with Crippen LogP contribution in [0.5, 0.6) is 0 Å². The normalized spacial score (nSPS) is 18.3. The summed E-state index contributed by atoms with van der Waals surface area (Å²) in [5.74, 6) is 0.525. The zero-order valence-electron chi connectivity index (χ0n) is 10.5. The lowest BCUT2D eigenvalue weighted by molar-refractivity contribution is 0.135. The summed E-state index contributed by atoms with van der Waals surface area (Å²) in [5, 5.41) is 0. The van der Waals surface area contributed by atoms with Gasteiger partial charge in [0.15, 0.2) is 0 Å². The van der Waals surface area contributed by atoms with Crippen molar-refractivity contribution in [2.24, 2.45) is 5.92 Å². The molecule has 0 aromatic rings. The lowest BCUT2D eigenvalue weighted by Crippen LogP contribution is -2.47.